The Kier molecular flexibility index (Phi) is 8.80. The van der Waals surface area contributed by atoms with Crippen LogP contribution >= 0.6 is 0 Å². The Balaban J connectivity index is 0.000000587. The Morgan fingerprint density at radius 1 is 0.902 bits per heavy atom. The first-order valence-corrected chi connectivity index (χ1v) is 11.1. The van der Waals surface area contributed by atoms with Crippen molar-refractivity contribution in [2.75, 3.05) is 5.32 Å². The summed E-state index contributed by atoms with van der Waals surface area (Å²) in [4.78, 5) is 37.2. The van der Waals surface area contributed by atoms with E-state index in [1.165, 1.54) is 59.6 Å². The first-order valence-electron chi connectivity index (χ1n) is 11.1. The predicted octanol–water partition coefficient (Wildman–Crippen LogP) is 5.68. The third kappa shape index (κ3) is 7.68. The molecule has 4 aromatic rings. The van der Waals surface area contributed by atoms with Crippen molar-refractivity contribution in [2.24, 2.45) is 5.73 Å². The molecule has 0 radical (unpaired) electrons. The number of primary amides is 1. The number of carboxylic acids is 1. The lowest BCUT2D eigenvalue weighted by Crippen LogP contribution is -2.21. The van der Waals surface area contributed by atoms with Gasteiger partial charge in [-0.05, 0) is 53.6 Å². The van der Waals surface area contributed by atoms with Crippen LogP contribution in [-0.2, 0) is 11.0 Å². The molecule has 0 bridgehead atoms. The second-order valence-corrected chi connectivity index (χ2v) is 8.10. The summed E-state index contributed by atoms with van der Waals surface area (Å²) in [6.45, 7) is 0. The Labute approximate surface area is 225 Å². The van der Waals surface area contributed by atoms with Crippen LogP contribution in [-0.4, -0.2) is 38.6 Å². The molecule has 0 spiro atoms. The van der Waals surface area contributed by atoms with Crippen LogP contribution < -0.4 is 11.1 Å². The van der Waals surface area contributed by atoms with Crippen LogP contribution in [0.5, 0.6) is 0 Å². The van der Waals surface area contributed by atoms with Crippen LogP contribution in [0.1, 0.15) is 26.3 Å². The quantitative estimate of drug-likeness (QED) is 0.261. The van der Waals surface area contributed by atoms with Gasteiger partial charge >= 0.3 is 18.3 Å². The monoisotopic (exact) mass is 582 g/mol. The van der Waals surface area contributed by atoms with Gasteiger partial charge in [0.2, 0.25) is 5.91 Å². The minimum atomic E-state index is -5.08. The standard InChI is InChI=1S/C24H16F4N4O2.C2HF3O2/c25-19-11-15(14-2-1-3-17(10-14)24(26,27)28)4-6-18(19)23(34)31-20-7-5-16(22(29)33)12-21(20)32-9-8-30-13-32;3-2(4,5)1(6)7/h1-13H,(H2,29,33)(H,31,34);(H,6,7). The van der Waals surface area contributed by atoms with Crippen molar-refractivity contribution in [2.45, 2.75) is 12.4 Å². The van der Waals surface area contributed by atoms with Crippen molar-refractivity contribution in [1.82, 2.24) is 9.55 Å². The van der Waals surface area contributed by atoms with E-state index in [1.807, 2.05) is 0 Å². The van der Waals surface area contributed by atoms with Crippen LogP contribution in [0.15, 0.2) is 79.4 Å². The summed E-state index contributed by atoms with van der Waals surface area (Å²) < 4.78 is 87.0. The Bertz CT molecular complexity index is 1580. The van der Waals surface area contributed by atoms with Crippen LogP contribution in [0.25, 0.3) is 16.8 Å². The van der Waals surface area contributed by atoms with Crippen molar-refractivity contribution >= 4 is 23.5 Å². The average molecular weight is 582 g/mol. The molecule has 0 aliphatic carbocycles. The molecular weight excluding hydrogens is 565 g/mol. The van der Waals surface area contributed by atoms with Gasteiger partial charge in [-0.25, -0.2) is 14.2 Å². The Morgan fingerprint density at radius 3 is 2.10 bits per heavy atom. The second kappa shape index (κ2) is 11.9. The third-order valence-electron chi connectivity index (χ3n) is 5.29. The molecule has 2 amide bonds. The van der Waals surface area contributed by atoms with E-state index in [9.17, 15) is 40.3 Å². The fourth-order valence-corrected chi connectivity index (χ4v) is 3.35. The molecule has 4 N–H and O–H groups in total. The van der Waals surface area contributed by atoms with Gasteiger partial charge < -0.3 is 20.7 Å². The highest BCUT2D eigenvalue weighted by atomic mass is 19.4. The molecule has 15 heteroatoms. The van der Waals surface area contributed by atoms with E-state index in [4.69, 9.17) is 15.6 Å². The van der Waals surface area contributed by atoms with Crippen LogP contribution in [0.4, 0.5) is 36.4 Å². The first-order chi connectivity index (χ1) is 19.1. The number of hydrogen-bond acceptors (Lipinski definition) is 4. The number of aromatic nitrogens is 2. The van der Waals surface area contributed by atoms with Gasteiger partial charge in [0.1, 0.15) is 5.82 Å². The van der Waals surface area contributed by atoms with Crippen molar-refractivity contribution in [3.05, 3.63) is 102 Å². The molecule has 0 atom stereocenters. The maximum absolute atomic E-state index is 14.8. The number of nitrogens with zero attached hydrogens (tertiary/aromatic N) is 2. The number of benzene rings is 3. The lowest BCUT2D eigenvalue weighted by atomic mass is 10.0. The number of amides is 2. The fraction of sp³-hybridized carbons (Fsp3) is 0.0769. The summed E-state index contributed by atoms with van der Waals surface area (Å²) in [5, 5.41) is 9.71. The normalized spacial score (nSPS) is 11.3. The molecule has 0 unspecified atom stereocenters. The molecular formula is C26H17F7N4O4. The van der Waals surface area contributed by atoms with E-state index in [2.05, 4.69) is 10.3 Å². The average Bonchev–Trinajstić information content (AvgIpc) is 3.43. The first kappa shape index (κ1) is 30.3. The van der Waals surface area contributed by atoms with E-state index in [0.29, 0.717) is 5.69 Å². The van der Waals surface area contributed by atoms with Gasteiger partial charge in [0.05, 0.1) is 28.8 Å². The zero-order valence-electron chi connectivity index (χ0n) is 20.3. The van der Waals surface area contributed by atoms with Gasteiger partial charge in [-0.3, -0.25) is 9.59 Å². The molecule has 0 fully saturated rings. The van der Waals surface area contributed by atoms with Crippen molar-refractivity contribution < 1.29 is 50.2 Å². The zero-order chi connectivity index (χ0) is 30.5. The Hall–Kier alpha value is -5.21. The Morgan fingerprint density at radius 2 is 1.56 bits per heavy atom. The third-order valence-corrected chi connectivity index (χ3v) is 5.29. The number of rotatable bonds is 5. The number of alkyl halides is 6. The molecule has 0 saturated heterocycles. The summed E-state index contributed by atoms with van der Waals surface area (Å²) in [5.41, 5.74) is 5.33. The van der Waals surface area contributed by atoms with E-state index in [1.54, 1.807) is 6.20 Å². The lowest BCUT2D eigenvalue weighted by molar-refractivity contribution is -0.192. The number of carboxylic acid groups (broad SMARTS) is 1. The van der Waals surface area contributed by atoms with E-state index in [-0.39, 0.29) is 27.9 Å². The van der Waals surface area contributed by atoms with Crippen LogP contribution in [0.2, 0.25) is 0 Å². The molecule has 8 nitrogen and oxygen atoms in total. The summed E-state index contributed by atoms with van der Waals surface area (Å²) in [5.74, 6) is -5.13. The zero-order valence-corrected chi connectivity index (χ0v) is 20.3. The number of carbonyl (C=O) groups is 3. The van der Waals surface area contributed by atoms with Crippen molar-refractivity contribution in [3.63, 3.8) is 0 Å². The molecule has 1 heterocycles. The number of hydrogen-bond donors (Lipinski definition) is 3. The molecule has 4 rings (SSSR count). The topological polar surface area (TPSA) is 127 Å². The van der Waals surface area contributed by atoms with E-state index < -0.39 is 41.5 Å². The summed E-state index contributed by atoms with van der Waals surface area (Å²) in [7, 11) is 0. The van der Waals surface area contributed by atoms with E-state index in [0.717, 1.165) is 18.2 Å². The van der Waals surface area contributed by atoms with E-state index >= 15 is 0 Å². The smallest absolute Gasteiger partial charge is 0.475 e. The molecule has 0 saturated carbocycles. The minimum Gasteiger partial charge on any atom is -0.475 e. The molecule has 1 aromatic heterocycles. The number of carbonyl (C=O) groups excluding carboxylic acids is 2. The van der Waals surface area contributed by atoms with Gasteiger partial charge in [-0.1, -0.05) is 18.2 Å². The molecule has 0 aliphatic rings. The number of imidazole rings is 1. The summed E-state index contributed by atoms with van der Waals surface area (Å²) in [6.07, 6.45) is -5.10. The van der Waals surface area contributed by atoms with Crippen molar-refractivity contribution in [3.8, 4) is 16.8 Å². The van der Waals surface area contributed by atoms with Gasteiger partial charge in [0.15, 0.2) is 0 Å². The maximum atomic E-state index is 14.8. The summed E-state index contributed by atoms with van der Waals surface area (Å²) in [6, 6.07) is 12.3. The van der Waals surface area contributed by atoms with Crippen LogP contribution in [0.3, 0.4) is 0 Å². The minimum absolute atomic E-state index is 0.158. The van der Waals surface area contributed by atoms with Gasteiger partial charge in [0, 0.05) is 18.0 Å². The number of nitrogens with one attached hydrogen (secondary N) is 1. The molecule has 214 valence electrons. The molecule has 3 aromatic carbocycles. The van der Waals surface area contributed by atoms with Gasteiger partial charge in [-0.15, -0.1) is 0 Å². The highest BCUT2D eigenvalue weighted by Crippen LogP contribution is 2.33. The largest absolute Gasteiger partial charge is 0.490 e. The maximum Gasteiger partial charge on any atom is 0.490 e. The molecule has 41 heavy (non-hydrogen) atoms. The lowest BCUT2D eigenvalue weighted by Gasteiger charge is -2.14. The number of aliphatic carboxylic acids is 1. The second-order valence-electron chi connectivity index (χ2n) is 8.10. The van der Waals surface area contributed by atoms with Gasteiger partial charge in [-0.2, -0.15) is 26.3 Å². The highest BCUT2D eigenvalue weighted by Gasteiger charge is 2.38. The predicted molar refractivity (Wildman–Crippen MR) is 131 cm³/mol. The number of nitrogens with two attached hydrogens (primary N) is 1. The fourth-order valence-electron chi connectivity index (χ4n) is 3.35. The SMILES string of the molecule is NC(=O)c1ccc(NC(=O)c2ccc(-c3cccc(C(F)(F)F)c3)cc2F)c(-n2ccnc2)c1.O=C(O)C(F)(F)F. The highest BCUT2D eigenvalue weighted by molar-refractivity contribution is 6.06. The van der Waals surface area contributed by atoms with Gasteiger partial charge in [0.25, 0.3) is 5.91 Å². The van der Waals surface area contributed by atoms with Crippen LogP contribution in [0, 0.1) is 5.82 Å². The number of halogens is 7. The molecule has 0 aliphatic heterocycles. The number of anilines is 1. The summed E-state index contributed by atoms with van der Waals surface area (Å²) >= 11 is 0. The van der Waals surface area contributed by atoms with Crippen molar-refractivity contribution in [1.29, 1.82) is 0 Å².